The topological polar surface area (TPSA) is 32.5 Å². The summed E-state index contributed by atoms with van der Waals surface area (Å²) < 4.78 is 0. The van der Waals surface area contributed by atoms with E-state index >= 15 is 0 Å². The third kappa shape index (κ3) is 4.07. The summed E-state index contributed by atoms with van der Waals surface area (Å²) in [6.07, 6.45) is 2.58. The quantitative estimate of drug-likeness (QED) is 0.928. The van der Waals surface area contributed by atoms with E-state index in [0.29, 0.717) is 18.6 Å². The standard InChI is InChI=1S/C17H31N3S/c1-17(2,3)16-9-8-15(21-16)14(11-18)20-10-6-7-13(12-20)19(4)5/h8-9,13-14H,6-7,10-12,18H2,1-5H3. The lowest BCUT2D eigenvalue weighted by molar-refractivity contribution is 0.0997. The molecule has 0 spiro atoms. The van der Waals surface area contributed by atoms with Crippen molar-refractivity contribution >= 4 is 11.3 Å². The molecule has 2 unspecified atom stereocenters. The SMILES string of the molecule is CN(C)C1CCCN(C(CN)c2ccc(C(C)(C)C)s2)C1. The molecule has 1 aromatic rings. The Morgan fingerprint density at radius 3 is 2.62 bits per heavy atom. The second-order valence-corrected chi connectivity index (χ2v) is 8.57. The van der Waals surface area contributed by atoms with Crippen molar-refractivity contribution in [3.05, 3.63) is 21.9 Å². The Kier molecular flexibility index (Phi) is 5.47. The minimum Gasteiger partial charge on any atom is -0.329 e. The summed E-state index contributed by atoms with van der Waals surface area (Å²) in [5.74, 6) is 0. The van der Waals surface area contributed by atoms with Gasteiger partial charge in [-0.2, -0.15) is 0 Å². The van der Waals surface area contributed by atoms with Gasteiger partial charge in [-0.3, -0.25) is 4.90 Å². The van der Waals surface area contributed by atoms with Gasteiger partial charge in [0.2, 0.25) is 0 Å². The molecule has 1 saturated heterocycles. The summed E-state index contributed by atoms with van der Waals surface area (Å²) >= 11 is 1.94. The van der Waals surface area contributed by atoms with Crippen LogP contribution in [0, 0.1) is 0 Å². The van der Waals surface area contributed by atoms with Gasteiger partial charge in [-0.25, -0.2) is 0 Å². The maximum atomic E-state index is 6.13. The Labute approximate surface area is 134 Å². The molecule has 2 heterocycles. The summed E-state index contributed by atoms with van der Waals surface area (Å²) in [7, 11) is 4.38. The molecule has 1 aromatic heterocycles. The molecule has 1 aliphatic rings. The molecule has 0 aromatic carbocycles. The molecule has 2 N–H and O–H groups in total. The smallest absolute Gasteiger partial charge is 0.0564 e. The number of hydrogen-bond donors (Lipinski definition) is 1. The van der Waals surface area contributed by atoms with E-state index in [-0.39, 0.29) is 5.41 Å². The van der Waals surface area contributed by atoms with Gasteiger partial charge in [0.25, 0.3) is 0 Å². The van der Waals surface area contributed by atoms with Crippen LogP contribution in [0.2, 0.25) is 0 Å². The average Bonchev–Trinajstić information content (AvgIpc) is 2.89. The van der Waals surface area contributed by atoms with Gasteiger partial charge in [-0.05, 0) is 51.0 Å². The monoisotopic (exact) mass is 309 g/mol. The molecule has 4 heteroatoms. The first-order chi connectivity index (χ1) is 9.82. The van der Waals surface area contributed by atoms with Crippen LogP contribution in [0.1, 0.15) is 49.4 Å². The molecule has 1 fully saturated rings. The van der Waals surface area contributed by atoms with Gasteiger partial charge < -0.3 is 10.6 Å². The molecule has 3 nitrogen and oxygen atoms in total. The van der Waals surface area contributed by atoms with Gasteiger partial charge in [-0.1, -0.05) is 20.8 Å². The van der Waals surface area contributed by atoms with Gasteiger partial charge in [-0.15, -0.1) is 11.3 Å². The fourth-order valence-electron chi connectivity index (χ4n) is 3.07. The summed E-state index contributed by atoms with van der Waals surface area (Å²) in [6, 6.07) is 5.63. The Morgan fingerprint density at radius 1 is 1.38 bits per heavy atom. The molecule has 0 bridgehead atoms. The fourth-order valence-corrected chi connectivity index (χ4v) is 4.28. The van der Waals surface area contributed by atoms with Crippen LogP contribution >= 0.6 is 11.3 Å². The maximum Gasteiger partial charge on any atom is 0.0564 e. The molecule has 2 rings (SSSR count). The average molecular weight is 310 g/mol. The number of hydrogen-bond acceptors (Lipinski definition) is 4. The van der Waals surface area contributed by atoms with Crippen LogP contribution in [0.15, 0.2) is 12.1 Å². The summed E-state index contributed by atoms with van der Waals surface area (Å²) in [6.45, 7) is 9.87. The second-order valence-electron chi connectivity index (χ2n) is 7.46. The van der Waals surface area contributed by atoms with Crippen molar-refractivity contribution in [2.75, 3.05) is 33.7 Å². The lowest BCUT2D eigenvalue weighted by Crippen LogP contribution is -2.47. The van der Waals surface area contributed by atoms with Gasteiger partial charge in [0, 0.05) is 28.9 Å². The Morgan fingerprint density at radius 2 is 2.10 bits per heavy atom. The van der Waals surface area contributed by atoms with Crippen LogP contribution in [0.5, 0.6) is 0 Å². The largest absolute Gasteiger partial charge is 0.329 e. The van der Waals surface area contributed by atoms with Crippen molar-refractivity contribution in [1.29, 1.82) is 0 Å². The number of nitrogens with zero attached hydrogens (tertiary/aromatic N) is 2. The number of likely N-dealkylation sites (N-methyl/N-ethyl adjacent to an activating group) is 1. The van der Waals surface area contributed by atoms with Gasteiger partial charge in [0.15, 0.2) is 0 Å². The van der Waals surface area contributed by atoms with E-state index in [1.807, 2.05) is 11.3 Å². The Balaban J connectivity index is 2.14. The highest BCUT2D eigenvalue weighted by molar-refractivity contribution is 7.12. The van der Waals surface area contributed by atoms with Crippen LogP contribution in [0.25, 0.3) is 0 Å². The van der Waals surface area contributed by atoms with E-state index in [1.165, 1.54) is 29.1 Å². The summed E-state index contributed by atoms with van der Waals surface area (Å²) in [4.78, 5) is 7.83. The highest BCUT2D eigenvalue weighted by Gasteiger charge is 2.28. The highest BCUT2D eigenvalue weighted by atomic mass is 32.1. The minimum absolute atomic E-state index is 0.232. The second kappa shape index (κ2) is 6.78. The van der Waals surface area contributed by atoms with Gasteiger partial charge in [0.05, 0.1) is 6.04 Å². The van der Waals surface area contributed by atoms with E-state index in [2.05, 4.69) is 56.8 Å². The molecular formula is C17H31N3S. The third-order valence-corrected chi connectivity index (χ3v) is 6.13. The molecule has 2 atom stereocenters. The van der Waals surface area contributed by atoms with Crippen LogP contribution in [-0.4, -0.2) is 49.6 Å². The zero-order valence-electron chi connectivity index (χ0n) is 14.2. The van der Waals surface area contributed by atoms with Crippen molar-refractivity contribution in [3.8, 4) is 0 Å². The first-order valence-electron chi connectivity index (χ1n) is 8.03. The van der Waals surface area contributed by atoms with Gasteiger partial charge in [0.1, 0.15) is 0 Å². The lowest BCUT2D eigenvalue weighted by Gasteiger charge is -2.40. The molecule has 0 radical (unpaired) electrons. The number of piperidine rings is 1. The van der Waals surface area contributed by atoms with E-state index in [0.717, 1.165) is 6.54 Å². The molecule has 0 saturated carbocycles. The lowest BCUT2D eigenvalue weighted by atomic mass is 9.95. The van der Waals surface area contributed by atoms with Crippen molar-refractivity contribution in [3.63, 3.8) is 0 Å². The minimum atomic E-state index is 0.232. The predicted octanol–water partition coefficient (Wildman–Crippen LogP) is 3.07. The number of nitrogens with two attached hydrogens (primary N) is 1. The van der Waals surface area contributed by atoms with Crippen LogP contribution in [-0.2, 0) is 5.41 Å². The molecule has 21 heavy (non-hydrogen) atoms. The van der Waals surface area contributed by atoms with Gasteiger partial charge >= 0.3 is 0 Å². The molecule has 0 aliphatic carbocycles. The predicted molar refractivity (Wildman–Crippen MR) is 93.1 cm³/mol. The molecule has 120 valence electrons. The number of rotatable bonds is 4. The summed E-state index contributed by atoms with van der Waals surface area (Å²) in [5.41, 5.74) is 6.36. The van der Waals surface area contributed by atoms with Crippen molar-refractivity contribution in [1.82, 2.24) is 9.80 Å². The van der Waals surface area contributed by atoms with Crippen LogP contribution in [0.3, 0.4) is 0 Å². The van der Waals surface area contributed by atoms with E-state index in [1.54, 1.807) is 0 Å². The first-order valence-corrected chi connectivity index (χ1v) is 8.85. The number of likely N-dealkylation sites (tertiary alicyclic amines) is 1. The van der Waals surface area contributed by atoms with E-state index in [9.17, 15) is 0 Å². The summed E-state index contributed by atoms with van der Waals surface area (Å²) in [5, 5.41) is 0. The van der Waals surface area contributed by atoms with Crippen molar-refractivity contribution < 1.29 is 0 Å². The van der Waals surface area contributed by atoms with Crippen LogP contribution < -0.4 is 5.73 Å². The number of thiophene rings is 1. The Bertz CT molecular complexity index is 447. The zero-order chi connectivity index (χ0) is 15.6. The van der Waals surface area contributed by atoms with E-state index in [4.69, 9.17) is 5.73 Å². The molecule has 0 amide bonds. The fraction of sp³-hybridized carbons (Fsp3) is 0.765. The van der Waals surface area contributed by atoms with E-state index < -0.39 is 0 Å². The van der Waals surface area contributed by atoms with Crippen molar-refractivity contribution in [2.45, 2.75) is 51.1 Å². The molecular weight excluding hydrogens is 278 g/mol. The zero-order valence-corrected chi connectivity index (χ0v) is 15.0. The molecule has 1 aliphatic heterocycles. The Hall–Kier alpha value is -0.420. The third-order valence-electron chi connectivity index (χ3n) is 4.52. The normalized spacial score (nSPS) is 22.7. The first kappa shape index (κ1) is 16.9. The van der Waals surface area contributed by atoms with Crippen molar-refractivity contribution in [2.24, 2.45) is 5.73 Å². The maximum absolute atomic E-state index is 6.13. The highest BCUT2D eigenvalue weighted by Crippen LogP contribution is 2.35. The van der Waals surface area contributed by atoms with Crippen LogP contribution in [0.4, 0.5) is 0 Å².